The standard InChI is InChI=1S/C30H33N3O8/c34-25-14-5-4-10-20(25)21-15-17-40-26(21)28(36)33-24(27(35)32-23-12-6-11-22(23)29(37)38)13-7-16-31-30(39)41-18-19-8-2-1-3-9-19/h1-5,8-10,14-15,17,22-24,34H,6-7,11-13,16,18H2,(H,31,39)(H,32,35)(H,33,36)(H,37,38)/t22-,23+,24+/m1/s1. The molecule has 11 heteroatoms. The molecule has 0 bridgehead atoms. The number of carboxylic acids is 1. The molecule has 5 N–H and O–H groups in total. The van der Waals surface area contributed by atoms with Gasteiger partial charge in [0, 0.05) is 23.7 Å². The molecule has 3 amide bonds. The molecule has 1 saturated carbocycles. The summed E-state index contributed by atoms with van der Waals surface area (Å²) < 4.78 is 10.6. The van der Waals surface area contributed by atoms with Gasteiger partial charge in [0.1, 0.15) is 18.4 Å². The molecule has 4 rings (SSSR count). The van der Waals surface area contributed by atoms with Crippen LogP contribution < -0.4 is 16.0 Å². The summed E-state index contributed by atoms with van der Waals surface area (Å²) >= 11 is 0. The van der Waals surface area contributed by atoms with Crippen LogP contribution in [0.25, 0.3) is 11.1 Å². The third-order valence-electron chi connectivity index (χ3n) is 7.00. The number of nitrogens with one attached hydrogen (secondary N) is 3. The molecular weight excluding hydrogens is 530 g/mol. The van der Waals surface area contributed by atoms with Crippen LogP contribution in [0.5, 0.6) is 5.75 Å². The Morgan fingerprint density at radius 1 is 0.976 bits per heavy atom. The average molecular weight is 564 g/mol. The van der Waals surface area contributed by atoms with Crippen LogP contribution in [0.3, 0.4) is 0 Å². The molecule has 1 fully saturated rings. The van der Waals surface area contributed by atoms with E-state index in [0.717, 1.165) is 5.56 Å². The molecular formula is C30H33N3O8. The summed E-state index contributed by atoms with van der Waals surface area (Å²) in [5.41, 5.74) is 1.58. The largest absolute Gasteiger partial charge is 0.507 e. The van der Waals surface area contributed by atoms with E-state index in [0.29, 0.717) is 36.8 Å². The minimum Gasteiger partial charge on any atom is -0.507 e. The fourth-order valence-corrected chi connectivity index (χ4v) is 4.87. The lowest BCUT2D eigenvalue weighted by molar-refractivity contribution is -0.142. The van der Waals surface area contributed by atoms with Gasteiger partial charge in [-0.3, -0.25) is 14.4 Å². The molecule has 3 aromatic rings. The number of para-hydroxylation sites is 1. The normalized spacial score (nSPS) is 16.9. The Morgan fingerprint density at radius 2 is 1.73 bits per heavy atom. The number of furan rings is 1. The van der Waals surface area contributed by atoms with Gasteiger partial charge in [0.05, 0.1) is 12.2 Å². The predicted molar refractivity (Wildman–Crippen MR) is 148 cm³/mol. The molecule has 216 valence electrons. The maximum absolute atomic E-state index is 13.3. The highest BCUT2D eigenvalue weighted by Gasteiger charge is 2.35. The van der Waals surface area contributed by atoms with Gasteiger partial charge in [-0.25, -0.2) is 4.79 Å². The van der Waals surface area contributed by atoms with Crippen LogP contribution in [0.15, 0.2) is 71.3 Å². The predicted octanol–water partition coefficient (Wildman–Crippen LogP) is 3.83. The maximum atomic E-state index is 13.3. The number of amides is 3. The van der Waals surface area contributed by atoms with E-state index in [1.807, 2.05) is 30.3 Å². The highest BCUT2D eigenvalue weighted by Crippen LogP contribution is 2.32. The summed E-state index contributed by atoms with van der Waals surface area (Å²) in [6.45, 7) is 0.292. The first-order valence-corrected chi connectivity index (χ1v) is 13.5. The van der Waals surface area contributed by atoms with E-state index in [1.54, 1.807) is 24.3 Å². The summed E-state index contributed by atoms with van der Waals surface area (Å²) in [6.07, 6.45) is 2.81. The number of benzene rings is 2. The highest BCUT2D eigenvalue weighted by atomic mass is 16.5. The molecule has 1 aliphatic rings. The molecule has 1 heterocycles. The number of phenolic OH excluding ortho intramolecular Hbond substituents is 1. The van der Waals surface area contributed by atoms with Crippen molar-refractivity contribution in [2.45, 2.75) is 50.8 Å². The van der Waals surface area contributed by atoms with Crippen molar-refractivity contribution in [1.82, 2.24) is 16.0 Å². The number of alkyl carbamates (subject to hydrolysis) is 1. The van der Waals surface area contributed by atoms with E-state index in [-0.39, 0.29) is 31.1 Å². The third kappa shape index (κ3) is 7.87. The van der Waals surface area contributed by atoms with Gasteiger partial charge in [0.15, 0.2) is 5.76 Å². The van der Waals surface area contributed by atoms with Gasteiger partial charge in [-0.05, 0) is 43.4 Å². The second-order valence-electron chi connectivity index (χ2n) is 9.83. The van der Waals surface area contributed by atoms with Gasteiger partial charge in [-0.1, -0.05) is 55.0 Å². The molecule has 0 saturated heterocycles. The van der Waals surface area contributed by atoms with Gasteiger partial charge in [-0.2, -0.15) is 0 Å². The Balaban J connectivity index is 1.39. The van der Waals surface area contributed by atoms with Crippen LogP contribution in [-0.4, -0.2) is 52.7 Å². The Bertz CT molecular complexity index is 1360. The zero-order valence-electron chi connectivity index (χ0n) is 22.4. The van der Waals surface area contributed by atoms with E-state index in [1.165, 1.54) is 12.3 Å². The molecule has 0 unspecified atom stereocenters. The molecule has 1 aromatic heterocycles. The Kier molecular flexibility index (Phi) is 9.98. The van der Waals surface area contributed by atoms with Crippen LogP contribution in [-0.2, 0) is 20.9 Å². The van der Waals surface area contributed by atoms with E-state index >= 15 is 0 Å². The number of hydrogen-bond donors (Lipinski definition) is 5. The number of aromatic hydroxyl groups is 1. The Hall–Kier alpha value is -4.80. The summed E-state index contributed by atoms with van der Waals surface area (Å²) in [6, 6.07) is 15.6. The number of phenols is 1. The first kappa shape index (κ1) is 29.2. The summed E-state index contributed by atoms with van der Waals surface area (Å²) in [7, 11) is 0. The number of carbonyl (C=O) groups excluding carboxylic acids is 3. The second-order valence-corrected chi connectivity index (χ2v) is 9.83. The van der Waals surface area contributed by atoms with E-state index in [9.17, 15) is 29.4 Å². The monoisotopic (exact) mass is 563 g/mol. The van der Waals surface area contributed by atoms with Crippen LogP contribution in [0, 0.1) is 5.92 Å². The molecule has 3 atom stereocenters. The zero-order chi connectivity index (χ0) is 29.2. The molecule has 0 radical (unpaired) electrons. The minimum absolute atomic E-state index is 0.0385. The third-order valence-corrected chi connectivity index (χ3v) is 7.00. The zero-order valence-corrected chi connectivity index (χ0v) is 22.4. The molecule has 41 heavy (non-hydrogen) atoms. The van der Waals surface area contributed by atoms with E-state index in [4.69, 9.17) is 9.15 Å². The lowest BCUT2D eigenvalue weighted by atomic mass is 10.0. The number of carboxylic acid groups (broad SMARTS) is 1. The van der Waals surface area contributed by atoms with Crippen molar-refractivity contribution in [2.75, 3.05) is 6.54 Å². The van der Waals surface area contributed by atoms with Gasteiger partial charge in [0.2, 0.25) is 5.91 Å². The summed E-state index contributed by atoms with van der Waals surface area (Å²) in [4.78, 5) is 50.2. The van der Waals surface area contributed by atoms with Gasteiger partial charge >= 0.3 is 12.1 Å². The van der Waals surface area contributed by atoms with Gasteiger partial charge in [0.25, 0.3) is 5.91 Å². The molecule has 0 spiro atoms. The van der Waals surface area contributed by atoms with Crippen molar-refractivity contribution in [2.24, 2.45) is 5.92 Å². The summed E-state index contributed by atoms with van der Waals surface area (Å²) in [5, 5.41) is 27.9. The molecule has 2 aromatic carbocycles. The van der Waals surface area contributed by atoms with Crippen molar-refractivity contribution in [3.05, 3.63) is 78.3 Å². The smallest absolute Gasteiger partial charge is 0.407 e. The van der Waals surface area contributed by atoms with Crippen molar-refractivity contribution < 1.29 is 38.5 Å². The summed E-state index contributed by atoms with van der Waals surface area (Å²) in [5.74, 6) is -3.01. The number of aliphatic carboxylic acids is 1. The number of rotatable bonds is 12. The Labute approximate surface area is 236 Å². The average Bonchev–Trinajstić information content (AvgIpc) is 3.64. The first-order chi connectivity index (χ1) is 19.8. The van der Waals surface area contributed by atoms with Gasteiger partial charge < -0.3 is 35.3 Å². The second kappa shape index (κ2) is 14.0. The van der Waals surface area contributed by atoms with Crippen molar-refractivity contribution in [1.29, 1.82) is 0 Å². The lowest BCUT2D eigenvalue weighted by Crippen LogP contribution is -2.51. The number of ether oxygens (including phenoxy) is 1. The molecule has 0 aliphatic heterocycles. The van der Waals surface area contributed by atoms with Crippen LogP contribution in [0.1, 0.15) is 48.2 Å². The Morgan fingerprint density at radius 3 is 2.49 bits per heavy atom. The van der Waals surface area contributed by atoms with Gasteiger partial charge in [-0.15, -0.1) is 0 Å². The van der Waals surface area contributed by atoms with Crippen molar-refractivity contribution in [3.63, 3.8) is 0 Å². The maximum Gasteiger partial charge on any atom is 0.407 e. The lowest BCUT2D eigenvalue weighted by Gasteiger charge is -2.23. The number of carbonyl (C=O) groups is 4. The topological polar surface area (TPSA) is 167 Å². The highest BCUT2D eigenvalue weighted by molar-refractivity contribution is 6.01. The molecule has 11 nitrogen and oxygen atoms in total. The van der Waals surface area contributed by atoms with Crippen LogP contribution in [0.2, 0.25) is 0 Å². The minimum atomic E-state index is -1.04. The number of hydrogen-bond acceptors (Lipinski definition) is 7. The van der Waals surface area contributed by atoms with E-state index in [2.05, 4.69) is 16.0 Å². The van der Waals surface area contributed by atoms with Crippen LogP contribution >= 0.6 is 0 Å². The van der Waals surface area contributed by atoms with Crippen LogP contribution in [0.4, 0.5) is 4.79 Å². The quantitative estimate of drug-likeness (QED) is 0.207. The van der Waals surface area contributed by atoms with E-state index < -0.39 is 41.9 Å². The molecule has 1 aliphatic carbocycles. The first-order valence-electron chi connectivity index (χ1n) is 13.5. The fraction of sp³-hybridized carbons (Fsp3) is 0.333. The fourth-order valence-electron chi connectivity index (χ4n) is 4.87. The SMILES string of the molecule is O=C(NCCC[C@H](NC(=O)c1occc1-c1ccccc1O)C(=O)N[C@H]1CCC[C@H]1C(=O)O)OCc1ccccc1. The van der Waals surface area contributed by atoms with Crippen molar-refractivity contribution in [3.8, 4) is 16.9 Å². The van der Waals surface area contributed by atoms with Crippen molar-refractivity contribution >= 4 is 23.9 Å².